The van der Waals surface area contributed by atoms with Gasteiger partial charge in [0.2, 0.25) is 0 Å². The Labute approximate surface area is 99.0 Å². The molecule has 1 aromatic carbocycles. The van der Waals surface area contributed by atoms with Crippen LogP contribution in [0.1, 0.15) is 29.0 Å². The highest BCUT2D eigenvalue weighted by Gasteiger charge is 2.06. The highest BCUT2D eigenvalue weighted by Crippen LogP contribution is 2.13. The van der Waals surface area contributed by atoms with E-state index in [1.54, 1.807) is 16.9 Å². The number of rotatable bonds is 3. The summed E-state index contributed by atoms with van der Waals surface area (Å²) in [5.41, 5.74) is 13.1. The van der Waals surface area contributed by atoms with Crippen molar-refractivity contribution >= 4 is 5.91 Å². The van der Waals surface area contributed by atoms with E-state index in [9.17, 15) is 4.79 Å². The van der Waals surface area contributed by atoms with Gasteiger partial charge < -0.3 is 11.5 Å². The molecule has 1 heterocycles. The monoisotopic (exact) mass is 230 g/mol. The smallest absolute Gasteiger partial charge is 0.269 e. The Bertz CT molecular complexity index is 528. The molecule has 0 aliphatic heterocycles. The predicted octanol–water partition coefficient (Wildman–Crippen LogP) is 0.991. The SMILES string of the molecule is C[C@H](N)c1ccc(-n2ccc(C(N)=O)n2)cc1. The summed E-state index contributed by atoms with van der Waals surface area (Å²) >= 11 is 0. The van der Waals surface area contributed by atoms with E-state index in [4.69, 9.17) is 11.5 Å². The molecule has 0 spiro atoms. The lowest BCUT2D eigenvalue weighted by molar-refractivity contribution is 0.0995. The molecule has 88 valence electrons. The Morgan fingerprint density at radius 2 is 1.94 bits per heavy atom. The number of amides is 1. The highest BCUT2D eigenvalue weighted by atomic mass is 16.1. The second-order valence-electron chi connectivity index (χ2n) is 3.89. The van der Waals surface area contributed by atoms with Gasteiger partial charge in [0.25, 0.3) is 5.91 Å². The summed E-state index contributed by atoms with van der Waals surface area (Å²) in [6.45, 7) is 1.92. The van der Waals surface area contributed by atoms with E-state index in [1.165, 1.54) is 0 Å². The van der Waals surface area contributed by atoms with Crippen LogP contribution >= 0.6 is 0 Å². The maximum absolute atomic E-state index is 10.9. The van der Waals surface area contributed by atoms with Crippen LogP contribution in [0.5, 0.6) is 0 Å². The van der Waals surface area contributed by atoms with Crippen molar-refractivity contribution in [1.29, 1.82) is 0 Å². The molecule has 1 atom stereocenters. The summed E-state index contributed by atoms with van der Waals surface area (Å²) in [6, 6.07) is 9.26. The van der Waals surface area contributed by atoms with E-state index in [2.05, 4.69) is 5.10 Å². The van der Waals surface area contributed by atoms with Gasteiger partial charge >= 0.3 is 0 Å². The predicted molar refractivity (Wildman–Crippen MR) is 64.7 cm³/mol. The fourth-order valence-corrected chi connectivity index (χ4v) is 1.53. The number of nitrogens with zero attached hydrogens (tertiary/aromatic N) is 2. The fourth-order valence-electron chi connectivity index (χ4n) is 1.53. The molecule has 0 saturated carbocycles. The number of primary amides is 1. The maximum atomic E-state index is 10.9. The van der Waals surface area contributed by atoms with Crippen molar-refractivity contribution in [3.05, 3.63) is 47.8 Å². The Hall–Kier alpha value is -2.14. The van der Waals surface area contributed by atoms with Crippen LogP contribution in [0.4, 0.5) is 0 Å². The highest BCUT2D eigenvalue weighted by molar-refractivity contribution is 5.90. The quantitative estimate of drug-likeness (QED) is 0.824. The van der Waals surface area contributed by atoms with E-state index in [0.717, 1.165) is 11.3 Å². The molecule has 0 aliphatic carbocycles. The molecule has 17 heavy (non-hydrogen) atoms. The molecule has 0 bridgehead atoms. The van der Waals surface area contributed by atoms with Gasteiger partial charge in [-0.15, -0.1) is 0 Å². The summed E-state index contributed by atoms with van der Waals surface area (Å²) in [5, 5.41) is 4.07. The third kappa shape index (κ3) is 2.34. The zero-order valence-corrected chi connectivity index (χ0v) is 9.50. The molecule has 5 heteroatoms. The molecule has 0 unspecified atom stereocenters. The van der Waals surface area contributed by atoms with Gasteiger partial charge in [-0.1, -0.05) is 12.1 Å². The fraction of sp³-hybridized carbons (Fsp3) is 0.167. The van der Waals surface area contributed by atoms with Gasteiger partial charge in [0.05, 0.1) is 5.69 Å². The molecule has 1 amide bonds. The van der Waals surface area contributed by atoms with Crippen molar-refractivity contribution in [2.75, 3.05) is 0 Å². The average Bonchev–Trinajstić information content (AvgIpc) is 2.78. The Kier molecular flexibility index (Phi) is 2.93. The largest absolute Gasteiger partial charge is 0.364 e. The molecule has 5 nitrogen and oxygen atoms in total. The van der Waals surface area contributed by atoms with Crippen LogP contribution < -0.4 is 11.5 Å². The lowest BCUT2D eigenvalue weighted by atomic mass is 10.1. The summed E-state index contributed by atoms with van der Waals surface area (Å²) in [4.78, 5) is 10.9. The lowest BCUT2D eigenvalue weighted by Gasteiger charge is -2.06. The molecule has 2 aromatic rings. The summed E-state index contributed by atoms with van der Waals surface area (Å²) in [7, 11) is 0. The van der Waals surface area contributed by atoms with Crippen molar-refractivity contribution in [3.8, 4) is 5.69 Å². The molecular formula is C12H14N4O. The molecule has 0 aliphatic rings. The number of carbonyl (C=O) groups is 1. The first-order valence-electron chi connectivity index (χ1n) is 5.29. The molecule has 0 radical (unpaired) electrons. The minimum absolute atomic E-state index is 0.00264. The van der Waals surface area contributed by atoms with Crippen LogP contribution in [0.2, 0.25) is 0 Å². The number of hydrogen-bond donors (Lipinski definition) is 2. The number of hydrogen-bond acceptors (Lipinski definition) is 3. The Balaban J connectivity index is 2.30. The third-order valence-electron chi connectivity index (χ3n) is 2.52. The minimum Gasteiger partial charge on any atom is -0.364 e. The van der Waals surface area contributed by atoms with Crippen molar-refractivity contribution in [1.82, 2.24) is 9.78 Å². The van der Waals surface area contributed by atoms with Crippen molar-refractivity contribution in [3.63, 3.8) is 0 Å². The molecule has 2 rings (SSSR count). The van der Waals surface area contributed by atoms with Gasteiger partial charge in [-0.05, 0) is 30.7 Å². The first kappa shape index (κ1) is 11.3. The average molecular weight is 230 g/mol. The van der Waals surface area contributed by atoms with Gasteiger partial charge in [0, 0.05) is 12.2 Å². The van der Waals surface area contributed by atoms with Gasteiger partial charge in [0.1, 0.15) is 5.69 Å². The Morgan fingerprint density at radius 1 is 1.29 bits per heavy atom. The minimum atomic E-state index is -0.532. The van der Waals surface area contributed by atoms with Crippen LogP contribution in [-0.2, 0) is 0 Å². The lowest BCUT2D eigenvalue weighted by Crippen LogP contribution is -2.12. The van der Waals surface area contributed by atoms with E-state index in [1.807, 2.05) is 31.2 Å². The summed E-state index contributed by atoms with van der Waals surface area (Å²) < 4.78 is 1.60. The first-order chi connectivity index (χ1) is 8.08. The molecule has 0 fully saturated rings. The summed E-state index contributed by atoms with van der Waals surface area (Å²) in [5.74, 6) is -0.532. The van der Waals surface area contributed by atoms with Crippen LogP contribution in [-0.4, -0.2) is 15.7 Å². The molecule has 1 aromatic heterocycles. The van der Waals surface area contributed by atoms with E-state index >= 15 is 0 Å². The van der Waals surface area contributed by atoms with E-state index in [0.29, 0.717) is 0 Å². The normalized spacial score (nSPS) is 12.4. The second-order valence-corrected chi connectivity index (χ2v) is 3.89. The summed E-state index contributed by atoms with van der Waals surface area (Å²) in [6.07, 6.45) is 1.70. The zero-order valence-electron chi connectivity index (χ0n) is 9.50. The Morgan fingerprint density at radius 3 is 2.41 bits per heavy atom. The van der Waals surface area contributed by atoms with Crippen molar-refractivity contribution in [2.45, 2.75) is 13.0 Å². The van der Waals surface area contributed by atoms with Crippen LogP contribution in [0.3, 0.4) is 0 Å². The molecule has 4 N–H and O–H groups in total. The number of aromatic nitrogens is 2. The van der Waals surface area contributed by atoms with E-state index in [-0.39, 0.29) is 11.7 Å². The molecule has 0 saturated heterocycles. The number of benzene rings is 1. The topological polar surface area (TPSA) is 86.9 Å². The second kappa shape index (κ2) is 4.39. The number of nitrogens with two attached hydrogens (primary N) is 2. The maximum Gasteiger partial charge on any atom is 0.269 e. The van der Waals surface area contributed by atoms with Gasteiger partial charge in [0.15, 0.2) is 0 Å². The first-order valence-corrected chi connectivity index (χ1v) is 5.29. The van der Waals surface area contributed by atoms with Gasteiger partial charge in [-0.3, -0.25) is 4.79 Å². The number of carbonyl (C=O) groups excluding carboxylic acids is 1. The molecular weight excluding hydrogens is 216 g/mol. The van der Waals surface area contributed by atoms with Gasteiger partial charge in [-0.25, -0.2) is 4.68 Å². The van der Waals surface area contributed by atoms with Crippen LogP contribution in [0, 0.1) is 0 Å². The van der Waals surface area contributed by atoms with Crippen molar-refractivity contribution in [2.24, 2.45) is 11.5 Å². The van der Waals surface area contributed by atoms with Gasteiger partial charge in [-0.2, -0.15) is 5.10 Å². The zero-order chi connectivity index (χ0) is 12.4. The third-order valence-corrected chi connectivity index (χ3v) is 2.52. The standard InChI is InChI=1S/C12H14N4O/c1-8(13)9-2-4-10(5-3-9)16-7-6-11(15-16)12(14)17/h2-8H,13H2,1H3,(H2,14,17)/t8-/m0/s1. The van der Waals surface area contributed by atoms with Crippen LogP contribution in [0.15, 0.2) is 36.5 Å². The van der Waals surface area contributed by atoms with Crippen LogP contribution in [0.25, 0.3) is 5.69 Å². The van der Waals surface area contributed by atoms with Crippen molar-refractivity contribution < 1.29 is 4.79 Å². The van der Waals surface area contributed by atoms with E-state index < -0.39 is 5.91 Å².